The van der Waals surface area contributed by atoms with Crippen LogP contribution >= 0.6 is 12.6 Å². The molecule has 8 N–H and O–H groups in total. The van der Waals surface area contributed by atoms with Gasteiger partial charge < -0.3 is 37.2 Å². The summed E-state index contributed by atoms with van der Waals surface area (Å²) >= 11 is 4.00. The number of rotatable bonds is 11. The second kappa shape index (κ2) is 11.3. The zero-order valence-corrected chi connectivity index (χ0v) is 16.8. The lowest BCUT2D eigenvalue weighted by Crippen LogP contribution is -2.58. The number of hydrogen-bond donors (Lipinski definition) is 7. The molecule has 14 heteroatoms. The van der Waals surface area contributed by atoms with Crippen LogP contribution < -0.4 is 22.1 Å². The molecule has 0 aromatic carbocycles. The number of nitrogens with zero attached hydrogens (tertiary/aromatic N) is 1. The number of carbonyl (C=O) groups is 6. The van der Waals surface area contributed by atoms with Crippen molar-refractivity contribution in [3.63, 3.8) is 0 Å². The number of primary amides is 1. The number of carboxylic acids is 2. The molecule has 0 aromatic rings. The number of thiol groups is 1. The molecule has 4 amide bonds. The lowest BCUT2D eigenvalue weighted by Gasteiger charge is -2.28. The van der Waals surface area contributed by atoms with Crippen molar-refractivity contribution in [1.29, 1.82) is 0 Å². The molecule has 4 unspecified atom stereocenters. The van der Waals surface area contributed by atoms with Crippen molar-refractivity contribution >= 4 is 48.2 Å². The highest BCUT2D eigenvalue weighted by Crippen LogP contribution is 2.18. The molecule has 0 aliphatic carbocycles. The van der Waals surface area contributed by atoms with Crippen LogP contribution in [0.1, 0.15) is 25.7 Å². The van der Waals surface area contributed by atoms with Crippen molar-refractivity contribution in [3.8, 4) is 0 Å². The number of likely N-dealkylation sites (tertiary alicyclic amines) is 1. The molecule has 1 aliphatic heterocycles. The summed E-state index contributed by atoms with van der Waals surface area (Å²) in [6, 6.07) is -5.26. The van der Waals surface area contributed by atoms with Crippen molar-refractivity contribution in [2.24, 2.45) is 11.5 Å². The first-order valence-corrected chi connectivity index (χ1v) is 9.61. The van der Waals surface area contributed by atoms with Crippen LogP contribution in [0.15, 0.2) is 0 Å². The van der Waals surface area contributed by atoms with E-state index in [9.17, 15) is 33.9 Å². The number of amides is 4. The van der Waals surface area contributed by atoms with E-state index in [1.165, 1.54) is 0 Å². The number of carboxylic acid groups (broad SMARTS) is 2. The summed E-state index contributed by atoms with van der Waals surface area (Å²) in [7, 11) is 0. The molecule has 1 aliphatic rings. The average molecular weight is 447 g/mol. The van der Waals surface area contributed by atoms with Crippen LogP contribution in [0.5, 0.6) is 0 Å². The Morgan fingerprint density at radius 2 is 1.63 bits per heavy atom. The monoisotopic (exact) mass is 447 g/mol. The van der Waals surface area contributed by atoms with Crippen LogP contribution in [0.4, 0.5) is 0 Å². The SMILES string of the molecule is NC(=O)CC(N)C(=O)NC(CC(=O)O)C(=O)NC(CS)C(=O)N1CCCC1C(=O)O. The molecule has 0 aromatic heterocycles. The summed E-state index contributed by atoms with van der Waals surface area (Å²) < 4.78 is 0. The zero-order valence-electron chi connectivity index (χ0n) is 15.9. The van der Waals surface area contributed by atoms with E-state index in [0.29, 0.717) is 6.42 Å². The lowest BCUT2D eigenvalue weighted by atomic mass is 10.1. The summed E-state index contributed by atoms with van der Waals surface area (Å²) in [5, 5.41) is 22.6. The molecular formula is C16H25N5O8S. The number of nitrogens with two attached hydrogens (primary N) is 2. The van der Waals surface area contributed by atoms with Gasteiger partial charge in [-0.05, 0) is 12.8 Å². The van der Waals surface area contributed by atoms with E-state index in [1.807, 2.05) is 0 Å². The maximum Gasteiger partial charge on any atom is 0.326 e. The Bertz CT molecular complexity index is 718. The number of aliphatic carboxylic acids is 2. The van der Waals surface area contributed by atoms with Gasteiger partial charge >= 0.3 is 11.9 Å². The molecule has 0 radical (unpaired) electrons. The van der Waals surface area contributed by atoms with E-state index in [0.717, 1.165) is 4.90 Å². The van der Waals surface area contributed by atoms with Crippen molar-refractivity contribution in [1.82, 2.24) is 15.5 Å². The molecule has 1 rings (SSSR count). The first kappa shape index (κ1) is 25.2. The topological polar surface area (TPSA) is 222 Å². The van der Waals surface area contributed by atoms with Gasteiger partial charge in [-0.3, -0.25) is 24.0 Å². The number of nitrogens with one attached hydrogen (secondary N) is 2. The predicted molar refractivity (Wildman–Crippen MR) is 104 cm³/mol. The van der Waals surface area contributed by atoms with Gasteiger partial charge in [-0.1, -0.05) is 0 Å². The summed E-state index contributed by atoms with van der Waals surface area (Å²) in [6.45, 7) is 0.188. The quantitative estimate of drug-likeness (QED) is 0.157. The van der Waals surface area contributed by atoms with Gasteiger partial charge in [0.1, 0.15) is 18.1 Å². The largest absolute Gasteiger partial charge is 0.481 e. The van der Waals surface area contributed by atoms with E-state index in [-0.39, 0.29) is 18.7 Å². The molecular weight excluding hydrogens is 422 g/mol. The molecule has 1 heterocycles. The Morgan fingerprint density at radius 3 is 2.13 bits per heavy atom. The summed E-state index contributed by atoms with van der Waals surface area (Å²) in [5.41, 5.74) is 10.4. The first-order chi connectivity index (χ1) is 14.0. The van der Waals surface area contributed by atoms with Gasteiger partial charge in [0.05, 0.1) is 18.9 Å². The third-order valence-electron chi connectivity index (χ3n) is 4.39. The van der Waals surface area contributed by atoms with E-state index in [2.05, 4.69) is 23.3 Å². The average Bonchev–Trinajstić information content (AvgIpc) is 3.13. The third kappa shape index (κ3) is 7.18. The zero-order chi connectivity index (χ0) is 23.0. The van der Waals surface area contributed by atoms with Crippen LogP contribution in [0.2, 0.25) is 0 Å². The van der Waals surface area contributed by atoms with Gasteiger partial charge in [0.15, 0.2) is 0 Å². The summed E-state index contributed by atoms with van der Waals surface area (Å²) in [6.07, 6.45) is -0.596. The molecule has 4 atom stereocenters. The fourth-order valence-corrected chi connectivity index (χ4v) is 3.16. The maximum absolute atomic E-state index is 12.6. The standard InChI is InChI=1S/C16H25N5O8S/c17-7(4-11(18)22)13(25)19-8(5-12(23)24)14(26)20-9(6-30)15(27)21-3-1-2-10(21)16(28)29/h7-10,30H,1-6,17H2,(H2,18,22)(H,19,25)(H,20,26)(H,23,24)(H,28,29). The highest BCUT2D eigenvalue weighted by molar-refractivity contribution is 7.80. The Morgan fingerprint density at radius 1 is 1.03 bits per heavy atom. The molecule has 13 nitrogen and oxygen atoms in total. The molecule has 30 heavy (non-hydrogen) atoms. The molecule has 1 fully saturated rings. The Hall–Kier alpha value is -2.87. The summed E-state index contributed by atoms with van der Waals surface area (Å²) in [5.74, 6) is -6.32. The molecule has 1 saturated heterocycles. The third-order valence-corrected chi connectivity index (χ3v) is 4.75. The fraction of sp³-hybridized carbons (Fsp3) is 0.625. The maximum atomic E-state index is 12.6. The van der Waals surface area contributed by atoms with E-state index in [4.69, 9.17) is 16.6 Å². The minimum absolute atomic E-state index is 0.188. The molecule has 0 bridgehead atoms. The Kier molecular flexibility index (Phi) is 9.52. The summed E-state index contributed by atoms with van der Waals surface area (Å²) in [4.78, 5) is 71.5. The van der Waals surface area contributed by atoms with Crippen molar-refractivity contribution in [3.05, 3.63) is 0 Å². The molecule has 0 spiro atoms. The van der Waals surface area contributed by atoms with Crippen LogP contribution in [0.25, 0.3) is 0 Å². The van der Waals surface area contributed by atoms with Gasteiger partial charge in [0.2, 0.25) is 23.6 Å². The smallest absolute Gasteiger partial charge is 0.326 e. The normalized spacial score (nSPS) is 18.7. The lowest BCUT2D eigenvalue weighted by molar-refractivity contribution is -0.149. The van der Waals surface area contributed by atoms with Gasteiger partial charge in [-0.25, -0.2) is 4.79 Å². The molecule has 0 saturated carbocycles. The van der Waals surface area contributed by atoms with Crippen molar-refractivity contribution in [2.45, 2.75) is 49.9 Å². The van der Waals surface area contributed by atoms with E-state index >= 15 is 0 Å². The highest BCUT2D eigenvalue weighted by atomic mass is 32.1. The van der Waals surface area contributed by atoms with Crippen LogP contribution in [0, 0.1) is 0 Å². The minimum atomic E-state index is -1.60. The van der Waals surface area contributed by atoms with Crippen LogP contribution in [-0.2, 0) is 28.8 Å². The van der Waals surface area contributed by atoms with Gasteiger partial charge in [-0.15, -0.1) is 0 Å². The van der Waals surface area contributed by atoms with Crippen molar-refractivity contribution < 1.29 is 39.0 Å². The Balaban J connectivity index is 2.88. The van der Waals surface area contributed by atoms with Gasteiger partial charge in [0, 0.05) is 12.3 Å². The van der Waals surface area contributed by atoms with Gasteiger partial charge in [0.25, 0.3) is 0 Å². The van der Waals surface area contributed by atoms with Crippen LogP contribution in [-0.4, -0.2) is 87.1 Å². The van der Waals surface area contributed by atoms with E-state index < -0.39 is 72.6 Å². The number of carbonyl (C=O) groups excluding carboxylic acids is 4. The number of hydrogen-bond acceptors (Lipinski definition) is 8. The second-order valence-corrected chi connectivity index (χ2v) is 7.07. The van der Waals surface area contributed by atoms with Gasteiger partial charge in [-0.2, -0.15) is 12.6 Å². The highest BCUT2D eigenvalue weighted by Gasteiger charge is 2.38. The second-order valence-electron chi connectivity index (χ2n) is 6.71. The first-order valence-electron chi connectivity index (χ1n) is 8.98. The fourth-order valence-electron chi connectivity index (χ4n) is 2.92. The van der Waals surface area contributed by atoms with Crippen molar-refractivity contribution in [2.75, 3.05) is 12.3 Å². The van der Waals surface area contributed by atoms with E-state index in [1.54, 1.807) is 0 Å². The minimum Gasteiger partial charge on any atom is -0.481 e. The molecule has 168 valence electrons. The van der Waals surface area contributed by atoms with Crippen LogP contribution in [0.3, 0.4) is 0 Å². The Labute approximate surface area is 176 Å². The predicted octanol–water partition coefficient (Wildman–Crippen LogP) is -3.36.